The van der Waals surface area contributed by atoms with Gasteiger partial charge in [0.1, 0.15) is 5.75 Å². The molecule has 0 heterocycles. The first-order chi connectivity index (χ1) is 12.2. The number of nitrogens with one attached hydrogen (secondary N) is 1. The number of amides is 1. The largest absolute Gasteiger partial charge is 0.484 e. The number of hydrogen-bond donors (Lipinski definition) is 1. The van der Waals surface area contributed by atoms with Crippen molar-refractivity contribution in [1.29, 1.82) is 0 Å². The fourth-order valence-electron chi connectivity index (χ4n) is 2.13. The zero-order valence-corrected chi connectivity index (χ0v) is 14.1. The molecular formula is C19H18F3NO3. The van der Waals surface area contributed by atoms with E-state index in [1.54, 1.807) is 12.1 Å². The first kappa shape index (κ1) is 19.5. The van der Waals surface area contributed by atoms with Gasteiger partial charge in [-0.05, 0) is 31.2 Å². The second-order valence-corrected chi connectivity index (χ2v) is 5.77. The molecule has 26 heavy (non-hydrogen) atoms. The molecule has 0 aromatic heterocycles. The van der Waals surface area contributed by atoms with E-state index in [4.69, 9.17) is 0 Å². The standard InChI is InChI=1S/C19H18F3NO3/c1-13-2-4-14(5-3-13)17(24)10-11-18(25)23-15-6-8-16(9-7-15)26-12-19(20,21)22/h2-9H,10-12H2,1H3,(H,23,25). The summed E-state index contributed by atoms with van der Waals surface area (Å²) in [5, 5.41) is 2.59. The van der Waals surface area contributed by atoms with Crippen LogP contribution in [0.15, 0.2) is 48.5 Å². The molecule has 0 bridgehead atoms. The Morgan fingerprint density at radius 3 is 2.15 bits per heavy atom. The molecule has 0 spiro atoms. The van der Waals surface area contributed by atoms with E-state index < -0.39 is 12.8 Å². The zero-order chi connectivity index (χ0) is 19.2. The number of alkyl halides is 3. The first-order valence-corrected chi connectivity index (χ1v) is 7.92. The number of carbonyl (C=O) groups excluding carboxylic acids is 2. The molecule has 0 fully saturated rings. The highest BCUT2D eigenvalue weighted by Gasteiger charge is 2.28. The summed E-state index contributed by atoms with van der Waals surface area (Å²) in [5.74, 6) is -0.430. The van der Waals surface area contributed by atoms with Crippen molar-refractivity contribution in [3.05, 3.63) is 59.7 Å². The molecule has 2 aromatic carbocycles. The van der Waals surface area contributed by atoms with Gasteiger partial charge in [0.15, 0.2) is 12.4 Å². The maximum atomic E-state index is 12.1. The number of aryl methyl sites for hydroxylation is 1. The molecule has 0 saturated carbocycles. The third-order valence-electron chi connectivity index (χ3n) is 3.49. The van der Waals surface area contributed by atoms with Crippen LogP contribution >= 0.6 is 0 Å². The summed E-state index contributed by atoms with van der Waals surface area (Å²) in [6.45, 7) is 0.543. The van der Waals surface area contributed by atoms with E-state index in [0.29, 0.717) is 11.3 Å². The molecule has 0 unspecified atom stereocenters. The van der Waals surface area contributed by atoms with Gasteiger partial charge in [-0.2, -0.15) is 13.2 Å². The summed E-state index contributed by atoms with van der Waals surface area (Å²) < 4.78 is 40.8. The Hall–Kier alpha value is -2.83. The van der Waals surface area contributed by atoms with Crippen LogP contribution in [0.1, 0.15) is 28.8 Å². The molecule has 0 aliphatic rings. The average Bonchev–Trinajstić information content (AvgIpc) is 2.59. The SMILES string of the molecule is Cc1ccc(C(=O)CCC(=O)Nc2ccc(OCC(F)(F)F)cc2)cc1. The van der Waals surface area contributed by atoms with E-state index in [1.807, 2.05) is 19.1 Å². The zero-order valence-electron chi connectivity index (χ0n) is 14.1. The Balaban J connectivity index is 1.80. The van der Waals surface area contributed by atoms with Crippen molar-refractivity contribution in [1.82, 2.24) is 0 Å². The third-order valence-corrected chi connectivity index (χ3v) is 3.49. The van der Waals surface area contributed by atoms with Crippen molar-refractivity contribution >= 4 is 17.4 Å². The fraction of sp³-hybridized carbons (Fsp3) is 0.263. The normalized spacial score (nSPS) is 11.1. The summed E-state index contributed by atoms with van der Waals surface area (Å²) in [7, 11) is 0. The van der Waals surface area contributed by atoms with Crippen LogP contribution < -0.4 is 10.1 Å². The van der Waals surface area contributed by atoms with Gasteiger partial charge >= 0.3 is 6.18 Å². The lowest BCUT2D eigenvalue weighted by Gasteiger charge is -2.10. The van der Waals surface area contributed by atoms with Crippen molar-refractivity contribution in [2.45, 2.75) is 25.9 Å². The molecule has 2 rings (SSSR count). The Bertz CT molecular complexity index is 753. The smallest absolute Gasteiger partial charge is 0.422 e. The number of anilines is 1. The minimum Gasteiger partial charge on any atom is -0.484 e. The van der Waals surface area contributed by atoms with Gasteiger partial charge in [-0.1, -0.05) is 29.8 Å². The van der Waals surface area contributed by atoms with Gasteiger partial charge in [0.2, 0.25) is 5.91 Å². The topological polar surface area (TPSA) is 55.4 Å². The van der Waals surface area contributed by atoms with Gasteiger partial charge in [-0.25, -0.2) is 0 Å². The Morgan fingerprint density at radius 1 is 0.962 bits per heavy atom. The van der Waals surface area contributed by atoms with Crippen molar-refractivity contribution in [2.75, 3.05) is 11.9 Å². The van der Waals surface area contributed by atoms with Crippen molar-refractivity contribution in [3.8, 4) is 5.75 Å². The van der Waals surface area contributed by atoms with Gasteiger partial charge in [0.05, 0.1) is 0 Å². The van der Waals surface area contributed by atoms with E-state index in [-0.39, 0.29) is 30.3 Å². The van der Waals surface area contributed by atoms with E-state index in [2.05, 4.69) is 10.1 Å². The number of Topliss-reactive ketones (excluding diaryl/α,β-unsaturated/α-hetero) is 1. The van der Waals surface area contributed by atoms with Crippen LogP contribution in [0.25, 0.3) is 0 Å². The molecule has 0 aliphatic heterocycles. The van der Waals surface area contributed by atoms with E-state index in [0.717, 1.165) is 5.56 Å². The molecule has 0 saturated heterocycles. The number of hydrogen-bond acceptors (Lipinski definition) is 3. The second kappa shape index (κ2) is 8.51. The molecule has 1 amide bonds. The monoisotopic (exact) mass is 365 g/mol. The Labute approximate surface area is 149 Å². The van der Waals surface area contributed by atoms with Gasteiger partial charge in [0.25, 0.3) is 0 Å². The number of ketones is 1. The molecule has 1 N–H and O–H groups in total. The Kier molecular flexibility index (Phi) is 6.38. The summed E-state index contributed by atoms with van der Waals surface area (Å²) in [4.78, 5) is 23.9. The predicted octanol–water partition coefficient (Wildman–Crippen LogP) is 4.54. The number of ether oxygens (including phenoxy) is 1. The highest BCUT2D eigenvalue weighted by atomic mass is 19.4. The number of rotatable bonds is 7. The maximum absolute atomic E-state index is 12.1. The molecule has 0 atom stereocenters. The Morgan fingerprint density at radius 2 is 1.58 bits per heavy atom. The van der Waals surface area contributed by atoms with E-state index in [1.165, 1.54) is 24.3 Å². The predicted molar refractivity (Wildman–Crippen MR) is 91.4 cm³/mol. The summed E-state index contributed by atoms with van der Waals surface area (Å²) in [6.07, 6.45) is -4.32. The number of carbonyl (C=O) groups is 2. The van der Waals surface area contributed by atoms with Crippen molar-refractivity contribution in [2.24, 2.45) is 0 Å². The van der Waals surface area contributed by atoms with E-state index >= 15 is 0 Å². The lowest BCUT2D eigenvalue weighted by molar-refractivity contribution is -0.153. The minimum absolute atomic E-state index is 0.0129. The molecule has 138 valence electrons. The van der Waals surface area contributed by atoms with Gasteiger partial charge < -0.3 is 10.1 Å². The first-order valence-electron chi connectivity index (χ1n) is 7.92. The number of benzene rings is 2. The summed E-state index contributed by atoms with van der Waals surface area (Å²) in [5.41, 5.74) is 2.01. The van der Waals surface area contributed by atoms with Gasteiger partial charge in [0, 0.05) is 24.1 Å². The number of halogens is 3. The van der Waals surface area contributed by atoms with Crippen molar-refractivity contribution in [3.63, 3.8) is 0 Å². The van der Waals surface area contributed by atoms with Crippen LogP contribution in [0.4, 0.5) is 18.9 Å². The lowest BCUT2D eigenvalue weighted by Crippen LogP contribution is -2.19. The van der Waals surface area contributed by atoms with E-state index in [9.17, 15) is 22.8 Å². The molecular weight excluding hydrogens is 347 g/mol. The fourth-order valence-corrected chi connectivity index (χ4v) is 2.13. The molecule has 2 aromatic rings. The molecule has 0 radical (unpaired) electrons. The quantitative estimate of drug-likeness (QED) is 0.733. The molecule has 0 aliphatic carbocycles. The highest BCUT2D eigenvalue weighted by molar-refractivity contribution is 6.00. The van der Waals surface area contributed by atoms with Crippen LogP contribution in [-0.4, -0.2) is 24.5 Å². The summed E-state index contributed by atoms with van der Waals surface area (Å²) >= 11 is 0. The average molecular weight is 365 g/mol. The summed E-state index contributed by atoms with van der Waals surface area (Å²) in [6, 6.07) is 12.6. The van der Waals surface area contributed by atoms with Crippen LogP contribution in [0.5, 0.6) is 5.75 Å². The maximum Gasteiger partial charge on any atom is 0.422 e. The molecule has 4 nitrogen and oxygen atoms in total. The van der Waals surface area contributed by atoms with Gasteiger partial charge in [-0.3, -0.25) is 9.59 Å². The minimum atomic E-state index is -4.41. The lowest BCUT2D eigenvalue weighted by atomic mass is 10.0. The van der Waals surface area contributed by atoms with Crippen LogP contribution in [0.2, 0.25) is 0 Å². The van der Waals surface area contributed by atoms with Gasteiger partial charge in [-0.15, -0.1) is 0 Å². The third kappa shape index (κ3) is 6.58. The highest BCUT2D eigenvalue weighted by Crippen LogP contribution is 2.20. The molecule has 7 heteroatoms. The van der Waals surface area contributed by atoms with Crippen LogP contribution in [0.3, 0.4) is 0 Å². The van der Waals surface area contributed by atoms with Crippen LogP contribution in [0, 0.1) is 6.92 Å². The van der Waals surface area contributed by atoms with Crippen LogP contribution in [-0.2, 0) is 4.79 Å². The second-order valence-electron chi connectivity index (χ2n) is 5.77. The van der Waals surface area contributed by atoms with Crippen molar-refractivity contribution < 1.29 is 27.5 Å².